The number of halogens is 1. The number of aromatic nitrogens is 4. The van der Waals surface area contributed by atoms with E-state index in [1.165, 1.54) is 18.2 Å². The Bertz CT molecular complexity index is 575. The fourth-order valence-electron chi connectivity index (χ4n) is 1.55. The molecule has 7 nitrogen and oxygen atoms in total. The number of benzene rings is 1. The van der Waals surface area contributed by atoms with Crippen LogP contribution in [-0.4, -0.2) is 32.6 Å². The van der Waals surface area contributed by atoms with Gasteiger partial charge in [-0.15, -0.1) is 10.2 Å². The highest BCUT2D eigenvalue weighted by Crippen LogP contribution is 2.14. The SMILES string of the molecule is CC(Oc1cccc(F)c1)C(=O)NC(C)c1nn[nH]n1. The third kappa shape index (κ3) is 3.50. The summed E-state index contributed by atoms with van der Waals surface area (Å²) in [6.07, 6.45) is -0.772. The molecule has 1 aromatic carbocycles. The van der Waals surface area contributed by atoms with Gasteiger partial charge in [0.1, 0.15) is 11.6 Å². The van der Waals surface area contributed by atoms with Gasteiger partial charge in [-0.3, -0.25) is 4.79 Å². The van der Waals surface area contributed by atoms with E-state index in [0.29, 0.717) is 11.6 Å². The van der Waals surface area contributed by atoms with Crippen LogP contribution < -0.4 is 10.1 Å². The van der Waals surface area contributed by atoms with Crippen molar-refractivity contribution in [1.82, 2.24) is 25.9 Å². The average molecular weight is 279 g/mol. The van der Waals surface area contributed by atoms with Crippen molar-refractivity contribution in [3.63, 3.8) is 0 Å². The summed E-state index contributed by atoms with van der Waals surface area (Å²) in [7, 11) is 0. The fraction of sp³-hybridized carbons (Fsp3) is 0.333. The summed E-state index contributed by atoms with van der Waals surface area (Å²) in [5.74, 6) is -0.113. The van der Waals surface area contributed by atoms with E-state index in [2.05, 4.69) is 25.9 Å². The number of hydrogen-bond acceptors (Lipinski definition) is 5. The zero-order valence-electron chi connectivity index (χ0n) is 11.0. The first-order chi connectivity index (χ1) is 9.56. The molecule has 2 rings (SSSR count). The van der Waals surface area contributed by atoms with Crippen LogP contribution in [0.2, 0.25) is 0 Å². The molecule has 0 saturated heterocycles. The number of nitrogens with one attached hydrogen (secondary N) is 2. The average Bonchev–Trinajstić information content (AvgIpc) is 2.92. The molecule has 1 amide bonds. The van der Waals surface area contributed by atoms with E-state index in [4.69, 9.17) is 4.74 Å². The molecule has 0 aliphatic carbocycles. The largest absolute Gasteiger partial charge is 0.481 e. The minimum Gasteiger partial charge on any atom is -0.481 e. The van der Waals surface area contributed by atoms with Gasteiger partial charge in [-0.05, 0) is 26.0 Å². The van der Waals surface area contributed by atoms with E-state index in [-0.39, 0.29) is 5.91 Å². The van der Waals surface area contributed by atoms with Crippen LogP contribution in [-0.2, 0) is 4.79 Å². The molecular weight excluding hydrogens is 265 g/mol. The normalized spacial score (nSPS) is 13.6. The van der Waals surface area contributed by atoms with Crippen LogP contribution in [0.3, 0.4) is 0 Å². The Morgan fingerprint density at radius 2 is 2.25 bits per heavy atom. The van der Waals surface area contributed by atoms with E-state index in [0.717, 1.165) is 0 Å². The maximum Gasteiger partial charge on any atom is 0.261 e. The molecule has 106 valence electrons. The summed E-state index contributed by atoms with van der Waals surface area (Å²) in [6, 6.07) is 5.20. The highest BCUT2D eigenvalue weighted by atomic mass is 19.1. The highest BCUT2D eigenvalue weighted by Gasteiger charge is 2.19. The predicted molar refractivity (Wildman–Crippen MR) is 67.2 cm³/mol. The Morgan fingerprint density at radius 3 is 2.90 bits per heavy atom. The van der Waals surface area contributed by atoms with Crippen molar-refractivity contribution in [3.8, 4) is 5.75 Å². The van der Waals surface area contributed by atoms with Gasteiger partial charge in [-0.1, -0.05) is 11.3 Å². The molecule has 0 bridgehead atoms. The van der Waals surface area contributed by atoms with Gasteiger partial charge in [0.05, 0.1) is 6.04 Å². The van der Waals surface area contributed by atoms with E-state index in [1.54, 1.807) is 19.9 Å². The number of hydrogen-bond donors (Lipinski definition) is 2. The number of rotatable bonds is 5. The van der Waals surface area contributed by atoms with Gasteiger partial charge in [0.2, 0.25) is 0 Å². The van der Waals surface area contributed by atoms with Crippen molar-refractivity contribution in [2.24, 2.45) is 0 Å². The first kappa shape index (κ1) is 13.9. The number of aromatic amines is 1. The van der Waals surface area contributed by atoms with Crippen LogP contribution in [0, 0.1) is 5.82 Å². The first-order valence-electron chi connectivity index (χ1n) is 6.02. The van der Waals surface area contributed by atoms with Gasteiger partial charge in [-0.25, -0.2) is 4.39 Å². The molecule has 0 aliphatic heterocycles. The summed E-state index contributed by atoms with van der Waals surface area (Å²) < 4.78 is 18.4. The lowest BCUT2D eigenvalue weighted by atomic mass is 10.2. The summed E-state index contributed by atoms with van der Waals surface area (Å²) in [5.41, 5.74) is 0. The second kappa shape index (κ2) is 6.09. The van der Waals surface area contributed by atoms with Gasteiger partial charge >= 0.3 is 0 Å². The summed E-state index contributed by atoms with van der Waals surface area (Å²) in [5, 5.41) is 15.9. The van der Waals surface area contributed by atoms with Crippen LogP contribution in [0.1, 0.15) is 25.7 Å². The molecule has 0 spiro atoms. The van der Waals surface area contributed by atoms with E-state index >= 15 is 0 Å². The molecule has 2 N–H and O–H groups in total. The van der Waals surface area contributed by atoms with E-state index < -0.39 is 18.0 Å². The molecule has 2 aromatic rings. The maximum atomic E-state index is 13.0. The number of nitrogens with zero attached hydrogens (tertiary/aromatic N) is 3. The number of H-pyrrole nitrogens is 1. The van der Waals surface area contributed by atoms with E-state index in [1.807, 2.05) is 0 Å². The zero-order valence-corrected chi connectivity index (χ0v) is 11.0. The van der Waals surface area contributed by atoms with Crippen molar-refractivity contribution in [2.45, 2.75) is 26.0 Å². The van der Waals surface area contributed by atoms with Gasteiger partial charge in [-0.2, -0.15) is 5.21 Å². The number of carbonyl (C=O) groups is 1. The molecular formula is C12H14FN5O2. The Morgan fingerprint density at radius 1 is 1.45 bits per heavy atom. The molecule has 0 aliphatic rings. The molecule has 2 atom stereocenters. The van der Waals surface area contributed by atoms with Crippen molar-refractivity contribution in [2.75, 3.05) is 0 Å². The minimum absolute atomic E-state index is 0.292. The Hall–Kier alpha value is -2.51. The highest BCUT2D eigenvalue weighted by molar-refractivity contribution is 5.81. The van der Waals surface area contributed by atoms with Crippen LogP contribution in [0.4, 0.5) is 4.39 Å². The zero-order chi connectivity index (χ0) is 14.5. The third-order valence-electron chi connectivity index (χ3n) is 2.59. The van der Waals surface area contributed by atoms with Gasteiger partial charge in [0.25, 0.3) is 5.91 Å². The second-order valence-corrected chi connectivity index (χ2v) is 4.22. The topological polar surface area (TPSA) is 92.8 Å². The maximum absolute atomic E-state index is 13.0. The molecule has 0 saturated carbocycles. The molecule has 1 heterocycles. The Labute approximate surface area is 114 Å². The third-order valence-corrected chi connectivity index (χ3v) is 2.59. The smallest absolute Gasteiger partial charge is 0.261 e. The lowest BCUT2D eigenvalue weighted by Crippen LogP contribution is -2.38. The van der Waals surface area contributed by atoms with Gasteiger partial charge < -0.3 is 10.1 Å². The standard InChI is InChI=1S/C12H14FN5O2/c1-7(11-15-17-18-16-11)14-12(19)8(2)20-10-5-3-4-9(13)6-10/h3-8H,1-2H3,(H,14,19)(H,15,16,17,18). The van der Waals surface area contributed by atoms with Crippen LogP contribution in [0.15, 0.2) is 24.3 Å². The Kier molecular flexibility index (Phi) is 4.24. The van der Waals surface area contributed by atoms with Crippen LogP contribution in [0.25, 0.3) is 0 Å². The lowest BCUT2D eigenvalue weighted by Gasteiger charge is -2.16. The first-order valence-corrected chi connectivity index (χ1v) is 6.02. The van der Waals surface area contributed by atoms with Gasteiger partial charge in [0.15, 0.2) is 11.9 Å². The summed E-state index contributed by atoms with van der Waals surface area (Å²) in [4.78, 5) is 11.9. The van der Waals surface area contributed by atoms with Crippen LogP contribution in [0.5, 0.6) is 5.75 Å². The Balaban J connectivity index is 1.92. The quantitative estimate of drug-likeness (QED) is 0.851. The van der Waals surface area contributed by atoms with Crippen LogP contribution >= 0.6 is 0 Å². The molecule has 2 unspecified atom stereocenters. The number of amides is 1. The van der Waals surface area contributed by atoms with Crippen molar-refractivity contribution in [1.29, 1.82) is 0 Å². The van der Waals surface area contributed by atoms with Crippen molar-refractivity contribution in [3.05, 3.63) is 35.9 Å². The van der Waals surface area contributed by atoms with E-state index in [9.17, 15) is 9.18 Å². The minimum atomic E-state index is -0.772. The van der Waals surface area contributed by atoms with Crippen molar-refractivity contribution >= 4 is 5.91 Å². The molecule has 0 radical (unpaired) electrons. The lowest BCUT2D eigenvalue weighted by molar-refractivity contribution is -0.128. The fourth-order valence-corrected chi connectivity index (χ4v) is 1.55. The predicted octanol–water partition coefficient (Wildman–Crippen LogP) is 0.983. The number of tetrazole rings is 1. The van der Waals surface area contributed by atoms with Crippen molar-refractivity contribution < 1.29 is 13.9 Å². The molecule has 20 heavy (non-hydrogen) atoms. The molecule has 1 aromatic heterocycles. The summed E-state index contributed by atoms with van der Waals surface area (Å²) >= 11 is 0. The molecule has 8 heteroatoms. The molecule has 0 fully saturated rings. The number of ether oxygens (including phenoxy) is 1. The monoisotopic (exact) mass is 279 g/mol. The number of carbonyl (C=O) groups excluding carboxylic acids is 1. The summed E-state index contributed by atoms with van der Waals surface area (Å²) in [6.45, 7) is 3.29. The second-order valence-electron chi connectivity index (χ2n) is 4.22. The van der Waals surface area contributed by atoms with Gasteiger partial charge in [0, 0.05) is 6.07 Å².